The number of hydrogen-bond donors (Lipinski definition) is 1. The number of fused-ring (bicyclic) bond motifs is 1. The van der Waals surface area contributed by atoms with Crippen LogP contribution in [0.4, 0.5) is 5.69 Å². The van der Waals surface area contributed by atoms with E-state index in [2.05, 4.69) is 34.6 Å². The summed E-state index contributed by atoms with van der Waals surface area (Å²) in [6.07, 6.45) is 4.64. The van der Waals surface area contributed by atoms with E-state index in [1.165, 1.54) is 5.56 Å². The Morgan fingerprint density at radius 3 is 2.55 bits per heavy atom. The molecule has 2 amide bonds. The van der Waals surface area contributed by atoms with Crippen LogP contribution in [0.25, 0.3) is 0 Å². The van der Waals surface area contributed by atoms with Gasteiger partial charge in [-0.15, -0.1) is 0 Å². The lowest BCUT2D eigenvalue weighted by molar-refractivity contribution is -0.121. The first-order valence-electron chi connectivity index (χ1n) is 11.5. The van der Waals surface area contributed by atoms with E-state index < -0.39 is 5.92 Å². The van der Waals surface area contributed by atoms with Crippen LogP contribution in [0.1, 0.15) is 40.2 Å². The van der Waals surface area contributed by atoms with Gasteiger partial charge < -0.3 is 15.0 Å². The van der Waals surface area contributed by atoms with Crippen LogP contribution in [0, 0.1) is 5.92 Å². The molecule has 2 heterocycles. The van der Waals surface area contributed by atoms with E-state index >= 15 is 0 Å². The zero-order chi connectivity index (χ0) is 23.4. The van der Waals surface area contributed by atoms with Crippen molar-refractivity contribution in [2.45, 2.75) is 25.2 Å². The summed E-state index contributed by atoms with van der Waals surface area (Å²) in [5, 5.41) is 2.90. The topological polar surface area (TPSA) is 74.2 Å². The second-order valence-corrected chi connectivity index (χ2v) is 9.07. The fourth-order valence-corrected chi connectivity index (χ4v) is 4.53. The van der Waals surface area contributed by atoms with Gasteiger partial charge in [0, 0.05) is 25.4 Å². The van der Waals surface area contributed by atoms with Gasteiger partial charge in [-0.1, -0.05) is 30.3 Å². The monoisotopic (exact) mass is 448 g/mol. The zero-order valence-electron chi connectivity index (χ0n) is 19.6. The van der Waals surface area contributed by atoms with E-state index in [1.54, 1.807) is 25.5 Å². The number of ether oxygens (including phenoxy) is 1. The van der Waals surface area contributed by atoms with E-state index in [9.17, 15) is 9.59 Å². The molecular formula is C26H32N4O3. The third-order valence-corrected chi connectivity index (χ3v) is 6.40. The SMILES string of the molecule is COc1cc2c(cc1C(=O)N1CCC(Cc3ccccc3)CC1)C(C(=O)NCN(C)C)C=N2. The molecule has 0 spiro atoms. The highest BCUT2D eigenvalue weighted by molar-refractivity contribution is 6.06. The minimum absolute atomic E-state index is 0.0489. The van der Waals surface area contributed by atoms with Crippen molar-refractivity contribution < 1.29 is 14.3 Å². The molecule has 1 N–H and O–H groups in total. The van der Waals surface area contributed by atoms with Gasteiger partial charge in [0.05, 0.1) is 25.0 Å². The summed E-state index contributed by atoms with van der Waals surface area (Å²) in [5.41, 5.74) is 3.26. The van der Waals surface area contributed by atoms with Crippen molar-refractivity contribution >= 4 is 23.7 Å². The van der Waals surface area contributed by atoms with E-state index in [-0.39, 0.29) is 11.8 Å². The highest BCUT2D eigenvalue weighted by Gasteiger charge is 2.31. The van der Waals surface area contributed by atoms with Crippen LogP contribution in [-0.4, -0.2) is 68.8 Å². The maximum absolute atomic E-state index is 13.4. The van der Waals surface area contributed by atoms with Crippen LogP contribution < -0.4 is 10.1 Å². The predicted molar refractivity (Wildman–Crippen MR) is 129 cm³/mol. The zero-order valence-corrected chi connectivity index (χ0v) is 19.6. The lowest BCUT2D eigenvalue weighted by Gasteiger charge is -2.32. The number of benzene rings is 2. The van der Waals surface area contributed by atoms with Gasteiger partial charge in [-0.25, -0.2) is 0 Å². The molecular weight excluding hydrogens is 416 g/mol. The maximum atomic E-state index is 13.4. The first-order valence-corrected chi connectivity index (χ1v) is 11.5. The van der Waals surface area contributed by atoms with Crippen LogP contribution in [0.3, 0.4) is 0 Å². The number of hydrogen-bond acceptors (Lipinski definition) is 5. The molecule has 2 aliphatic rings. The molecule has 7 nitrogen and oxygen atoms in total. The Morgan fingerprint density at radius 1 is 1.15 bits per heavy atom. The second kappa shape index (κ2) is 10.2. The highest BCUT2D eigenvalue weighted by atomic mass is 16.5. The number of piperidine rings is 1. The molecule has 33 heavy (non-hydrogen) atoms. The van der Waals surface area contributed by atoms with Gasteiger partial charge in [0.2, 0.25) is 5.91 Å². The lowest BCUT2D eigenvalue weighted by Crippen LogP contribution is -2.39. The van der Waals surface area contributed by atoms with Gasteiger partial charge in [-0.3, -0.25) is 19.5 Å². The number of carbonyl (C=O) groups is 2. The Bertz CT molecular complexity index is 1030. The van der Waals surface area contributed by atoms with Crippen molar-refractivity contribution in [2.75, 3.05) is 41.0 Å². The Hall–Kier alpha value is -3.19. The highest BCUT2D eigenvalue weighted by Crippen LogP contribution is 2.38. The standard InChI is InChI=1S/C26H32N4O3/c1-29(2)17-28-25(31)22-16-27-23-15-24(33-3)21(14-20(22)23)26(32)30-11-9-19(10-12-30)13-18-7-5-4-6-8-18/h4-8,14-16,19,22H,9-13,17H2,1-3H3,(H,28,31). The summed E-state index contributed by atoms with van der Waals surface area (Å²) in [6.45, 7) is 1.89. The van der Waals surface area contributed by atoms with E-state index in [4.69, 9.17) is 4.74 Å². The average Bonchev–Trinajstić information content (AvgIpc) is 3.25. The normalized spacial score (nSPS) is 17.8. The Balaban J connectivity index is 1.46. The van der Waals surface area contributed by atoms with E-state index in [0.29, 0.717) is 29.6 Å². The first-order chi connectivity index (χ1) is 16.0. The van der Waals surface area contributed by atoms with Crippen LogP contribution in [0.5, 0.6) is 5.75 Å². The van der Waals surface area contributed by atoms with Gasteiger partial charge in [0.25, 0.3) is 5.91 Å². The van der Waals surface area contributed by atoms with Gasteiger partial charge in [-0.2, -0.15) is 0 Å². The Labute approximate surface area is 195 Å². The third kappa shape index (κ3) is 5.25. The number of amides is 2. The molecule has 1 atom stereocenters. The van der Waals surface area contributed by atoms with Crippen LogP contribution in [0.15, 0.2) is 47.5 Å². The summed E-state index contributed by atoms with van der Waals surface area (Å²) in [4.78, 5) is 34.3. The van der Waals surface area contributed by atoms with Crippen LogP contribution >= 0.6 is 0 Å². The minimum atomic E-state index is -0.506. The molecule has 0 aromatic heterocycles. The number of rotatable bonds is 7. The number of methoxy groups -OCH3 is 1. The summed E-state index contributed by atoms with van der Waals surface area (Å²) in [5.74, 6) is 0.394. The molecule has 0 radical (unpaired) electrons. The molecule has 174 valence electrons. The molecule has 2 aromatic carbocycles. The summed E-state index contributed by atoms with van der Waals surface area (Å²) >= 11 is 0. The molecule has 4 rings (SSSR count). The molecule has 0 saturated carbocycles. The number of nitrogens with zero attached hydrogens (tertiary/aromatic N) is 3. The quantitative estimate of drug-likeness (QED) is 0.660. The van der Waals surface area contributed by atoms with E-state index in [1.807, 2.05) is 30.0 Å². The average molecular weight is 449 g/mol. The number of nitrogens with one attached hydrogen (secondary N) is 1. The van der Waals surface area contributed by atoms with Gasteiger partial charge in [-0.05, 0) is 56.5 Å². The van der Waals surface area contributed by atoms with Crippen LogP contribution in [-0.2, 0) is 11.2 Å². The molecule has 2 aliphatic heterocycles. The maximum Gasteiger partial charge on any atom is 0.257 e. The first kappa shape index (κ1) is 23.0. The van der Waals surface area contributed by atoms with Gasteiger partial charge in [0.1, 0.15) is 11.7 Å². The van der Waals surface area contributed by atoms with E-state index in [0.717, 1.165) is 37.9 Å². The lowest BCUT2D eigenvalue weighted by atomic mass is 9.89. The predicted octanol–water partition coefficient (Wildman–Crippen LogP) is 3.22. The smallest absolute Gasteiger partial charge is 0.257 e. The Morgan fingerprint density at radius 2 is 1.88 bits per heavy atom. The molecule has 1 saturated heterocycles. The summed E-state index contributed by atoms with van der Waals surface area (Å²) < 4.78 is 5.53. The van der Waals surface area contributed by atoms with Gasteiger partial charge in [0.15, 0.2) is 0 Å². The number of likely N-dealkylation sites (tertiary alicyclic amines) is 1. The van der Waals surface area contributed by atoms with Crippen molar-refractivity contribution in [2.24, 2.45) is 10.9 Å². The van der Waals surface area contributed by atoms with Crippen molar-refractivity contribution in [3.63, 3.8) is 0 Å². The molecule has 1 unspecified atom stereocenters. The molecule has 2 aromatic rings. The van der Waals surface area contributed by atoms with Crippen molar-refractivity contribution in [1.29, 1.82) is 0 Å². The molecule has 1 fully saturated rings. The number of aliphatic imine (C=N–C) groups is 1. The molecule has 7 heteroatoms. The number of carbonyl (C=O) groups excluding carboxylic acids is 2. The summed E-state index contributed by atoms with van der Waals surface area (Å²) in [6, 6.07) is 14.1. The van der Waals surface area contributed by atoms with Gasteiger partial charge >= 0.3 is 0 Å². The van der Waals surface area contributed by atoms with Crippen molar-refractivity contribution in [1.82, 2.24) is 15.1 Å². The summed E-state index contributed by atoms with van der Waals surface area (Å²) in [7, 11) is 5.34. The van der Waals surface area contributed by atoms with Crippen molar-refractivity contribution in [3.05, 3.63) is 59.2 Å². The molecule has 0 aliphatic carbocycles. The fraction of sp³-hybridized carbons (Fsp3) is 0.423. The molecule has 0 bridgehead atoms. The fourth-order valence-electron chi connectivity index (χ4n) is 4.53. The largest absolute Gasteiger partial charge is 0.496 e. The second-order valence-electron chi connectivity index (χ2n) is 9.07. The minimum Gasteiger partial charge on any atom is -0.496 e. The third-order valence-electron chi connectivity index (χ3n) is 6.40. The Kier molecular flexibility index (Phi) is 7.08. The van der Waals surface area contributed by atoms with Crippen LogP contribution in [0.2, 0.25) is 0 Å². The van der Waals surface area contributed by atoms with Crippen molar-refractivity contribution in [3.8, 4) is 5.75 Å².